The summed E-state index contributed by atoms with van der Waals surface area (Å²) in [5.74, 6) is 9.11. The van der Waals surface area contributed by atoms with Crippen molar-refractivity contribution in [1.82, 2.24) is 5.01 Å². The lowest BCUT2D eigenvalue weighted by Gasteiger charge is -2.39. The first-order valence-electron chi connectivity index (χ1n) is 11.7. The topological polar surface area (TPSA) is 47.7 Å². The Morgan fingerprint density at radius 2 is 1.87 bits per heavy atom. The van der Waals surface area contributed by atoms with E-state index < -0.39 is 0 Å². The largest absolute Gasteiger partial charge is 0.490 e. The SMILES string of the molecule is C[C@H]1Cc2cc(OC3CCCC3)cc(C[C@@H]3CCCN(N)C3c3ccccc3)c2O1. The molecule has 2 aromatic carbocycles. The van der Waals surface area contributed by atoms with Gasteiger partial charge in [-0.15, -0.1) is 0 Å². The second-order valence-corrected chi connectivity index (χ2v) is 9.43. The monoisotopic (exact) mass is 406 g/mol. The number of nitrogens with zero attached hydrogens (tertiary/aromatic N) is 1. The minimum Gasteiger partial charge on any atom is -0.490 e. The third-order valence-electron chi connectivity index (χ3n) is 7.07. The maximum absolute atomic E-state index is 6.51. The zero-order valence-corrected chi connectivity index (χ0v) is 18.1. The van der Waals surface area contributed by atoms with Crippen molar-refractivity contribution in [1.29, 1.82) is 0 Å². The third kappa shape index (κ3) is 4.08. The van der Waals surface area contributed by atoms with Gasteiger partial charge in [0.15, 0.2) is 0 Å². The van der Waals surface area contributed by atoms with Crippen LogP contribution in [-0.4, -0.2) is 23.8 Å². The summed E-state index contributed by atoms with van der Waals surface area (Å²) in [6.45, 7) is 3.11. The van der Waals surface area contributed by atoms with Crippen LogP contribution in [0.1, 0.15) is 68.2 Å². The van der Waals surface area contributed by atoms with Crippen LogP contribution in [0.3, 0.4) is 0 Å². The highest BCUT2D eigenvalue weighted by Gasteiger charge is 2.33. The molecule has 5 rings (SSSR count). The fourth-order valence-electron chi connectivity index (χ4n) is 5.71. The molecule has 2 aliphatic heterocycles. The Kier molecular flexibility index (Phi) is 5.70. The van der Waals surface area contributed by atoms with Gasteiger partial charge in [0.1, 0.15) is 17.6 Å². The molecule has 160 valence electrons. The van der Waals surface area contributed by atoms with E-state index in [4.69, 9.17) is 15.3 Å². The number of fused-ring (bicyclic) bond motifs is 1. The molecule has 1 aliphatic carbocycles. The Morgan fingerprint density at radius 3 is 2.67 bits per heavy atom. The number of benzene rings is 2. The van der Waals surface area contributed by atoms with Gasteiger partial charge in [0.05, 0.1) is 12.1 Å². The summed E-state index contributed by atoms with van der Waals surface area (Å²) in [5.41, 5.74) is 3.92. The second kappa shape index (κ2) is 8.60. The van der Waals surface area contributed by atoms with Gasteiger partial charge in [-0.25, -0.2) is 5.01 Å². The van der Waals surface area contributed by atoms with Gasteiger partial charge in [0.25, 0.3) is 0 Å². The highest BCUT2D eigenvalue weighted by molar-refractivity contribution is 5.50. The standard InChI is InChI=1S/C26H34N2O2/c1-18-14-21-16-24(30-23-11-5-6-12-23)17-22(26(21)29-18)15-20-10-7-13-28(27)25(20)19-8-3-2-4-9-19/h2-4,8-9,16-18,20,23,25H,5-7,10-15,27H2,1H3/t18-,20-,25?/m0/s1. The first-order chi connectivity index (χ1) is 14.7. The lowest BCUT2D eigenvalue weighted by molar-refractivity contribution is 0.0920. The summed E-state index contributed by atoms with van der Waals surface area (Å²) in [6.07, 6.45) is 9.83. The Hall–Kier alpha value is -2.04. The van der Waals surface area contributed by atoms with E-state index in [9.17, 15) is 0 Å². The number of rotatable bonds is 5. The fraction of sp³-hybridized carbons (Fsp3) is 0.538. The summed E-state index contributed by atoms with van der Waals surface area (Å²) in [5, 5.41) is 2.05. The number of hydrogen-bond acceptors (Lipinski definition) is 4. The molecule has 2 N–H and O–H groups in total. The van der Waals surface area contributed by atoms with E-state index in [0.29, 0.717) is 12.0 Å². The molecule has 0 amide bonds. The number of piperidine rings is 1. The minimum absolute atomic E-state index is 0.239. The molecule has 2 fully saturated rings. The zero-order valence-electron chi connectivity index (χ0n) is 18.1. The molecular weight excluding hydrogens is 372 g/mol. The van der Waals surface area contributed by atoms with Crippen LogP contribution in [0.25, 0.3) is 0 Å². The molecule has 4 heteroatoms. The third-order valence-corrected chi connectivity index (χ3v) is 7.07. The lowest BCUT2D eigenvalue weighted by Crippen LogP contribution is -2.44. The van der Waals surface area contributed by atoms with Crippen molar-refractivity contribution >= 4 is 0 Å². The Labute approximate surface area is 180 Å². The van der Waals surface area contributed by atoms with Crippen LogP contribution in [0.4, 0.5) is 0 Å². The molecule has 1 saturated carbocycles. The summed E-state index contributed by atoms with van der Waals surface area (Å²) in [4.78, 5) is 0. The highest BCUT2D eigenvalue weighted by Crippen LogP contribution is 2.42. The van der Waals surface area contributed by atoms with Crippen molar-refractivity contribution in [3.63, 3.8) is 0 Å². The van der Waals surface area contributed by atoms with Crippen LogP contribution < -0.4 is 15.3 Å². The first-order valence-corrected chi connectivity index (χ1v) is 11.7. The van der Waals surface area contributed by atoms with Crippen LogP contribution in [0.5, 0.6) is 11.5 Å². The molecule has 0 spiro atoms. The highest BCUT2D eigenvalue weighted by atomic mass is 16.5. The minimum atomic E-state index is 0.239. The predicted molar refractivity (Wildman–Crippen MR) is 120 cm³/mol. The van der Waals surface area contributed by atoms with Crippen molar-refractivity contribution in [2.45, 2.75) is 76.5 Å². The molecule has 30 heavy (non-hydrogen) atoms. The van der Waals surface area contributed by atoms with Crippen molar-refractivity contribution in [2.24, 2.45) is 11.8 Å². The second-order valence-electron chi connectivity index (χ2n) is 9.43. The van der Waals surface area contributed by atoms with E-state index in [0.717, 1.165) is 37.3 Å². The first kappa shape index (κ1) is 19.9. The van der Waals surface area contributed by atoms with Crippen LogP contribution >= 0.6 is 0 Å². The normalized spacial score (nSPS) is 27.1. The quantitative estimate of drug-likeness (QED) is 0.693. The average molecular weight is 407 g/mol. The van der Waals surface area contributed by atoms with Gasteiger partial charge in [-0.3, -0.25) is 5.84 Å². The zero-order chi connectivity index (χ0) is 20.5. The van der Waals surface area contributed by atoms with E-state index in [1.54, 1.807) is 0 Å². The molecule has 3 atom stereocenters. The Bertz CT molecular complexity index is 863. The number of hydrogen-bond donors (Lipinski definition) is 1. The van der Waals surface area contributed by atoms with E-state index in [2.05, 4.69) is 49.4 Å². The molecule has 0 aromatic heterocycles. The van der Waals surface area contributed by atoms with Crippen LogP contribution in [0.15, 0.2) is 42.5 Å². The van der Waals surface area contributed by atoms with Crippen molar-refractivity contribution < 1.29 is 9.47 Å². The summed E-state index contributed by atoms with van der Waals surface area (Å²) in [6, 6.07) is 15.5. The van der Waals surface area contributed by atoms with Gasteiger partial charge in [0.2, 0.25) is 0 Å². The average Bonchev–Trinajstić information content (AvgIpc) is 3.38. The van der Waals surface area contributed by atoms with E-state index in [1.165, 1.54) is 48.8 Å². The molecule has 2 heterocycles. The number of nitrogens with two attached hydrogens (primary N) is 1. The maximum Gasteiger partial charge on any atom is 0.126 e. The molecule has 2 aromatic rings. The van der Waals surface area contributed by atoms with Gasteiger partial charge in [0, 0.05) is 18.5 Å². The summed E-state index contributed by atoms with van der Waals surface area (Å²) in [7, 11) is 0. The van der Waals surface area contributed by atoms with E-state index in [1.807, 2.05) is 5.01 Å². The van der Waals surface area contributed by atoms with Gasteiger partial charge < -0.3 is 9.47 Å². The molecule has 1 saturated heterocycles. The van der Waals surface area contributed by atoms with Crippen LogP contribution in [0.2, 0.25) is 0 Å². The fourth-order valence-corrected chi connectivity index (χ4v) is 5.71. The van der Waals surface area contributed by atoms with Crippen molar-refractivity contribution in [3.8, 4) is 11.5 Å². The smallest absolute Gasteiger partial charge is 0.126 e. The van der Waals surface area contributed by atoms with Crippen LogP contribution in [0, 0.1) is 5.92 Å². The molecule has 0 radical (unpaired) electrons. The van der Waals surface area contributed by atoms with Gasteiger partial charge in [-0.05, 0) is 81.0 Å². The van der Waals surface area contributed by atoms with Gasteiger partial charge in [-0.2, -0.15) is 0 Å². The number of ether oxygens (including phenoxy) is 2. The van der Waals surface area contributed by atoms with Crippen LogP contribution in [-0.2, 0) is 12.8 Å². The summed E-state index contributed by atoms with van der Waals surface area (Å²) < 4.78 is 12.7. The molecule has 0 bridgehead atoms. The molecule has 1 unspecified atom stereocenters. The van der Waals surface area contributed by atoms with Gasteiger partial charge in [-0.1, -0.05) is 30.3 Å². The molecule has 3 aliphatic rings. The lowest BCUT2D eigenvalue weighted by atomic mass is 9.81. The maximum atomic E-state index is 6.51. The molecular formula is C26H34N2O2. The Balaban J connectivity index is 1.44. The van der Waals surface area contributed by atoms with Crippen molar-refractivity contribution in [3.05, 3.63) is 59.2 Å². The van der Waals surface area contributed by atoms with E-state index in [-0.39, 0.29) is 12.1 Å². The summed E-state index contributed by atoms with van der Waals surface area (Å²) >= 11 is 0. The number of hydrazine groups is 1. The molecule has 4 nitrogen and oxygen atoms in total. The van der Waals surface area contributed by atoms with E-state index >= 15 is 0 Å². The Morgan fingerprint density at radius 1 is 1.07 bits per heavy atom. The predicted octanol–water partition coefficient (Wildman–Crippen LogP) is 5.20. The van der Waals surface area contributed by atoms with Gasteiger partial charge >= 0.3 is 0 Å². The van der Waals surface area contributed by atoms with Crippen molar-refractivity contribution in [2.75, 3.05) is 6.54 Å².